The quantitative estimate of drug-likeness (QED) is 0.0190. The highest BCUT2D eigenvalue weighted by molar-refractivity contribution is 5.70. The lowest BCUT2D eigenvalue weighted by Gasteiger charge is -2.31. The van der Waals surface area contributed by atoms with Crippen molar-refractivity contribution in [3.8, 4) is 0 Å². The lowest BCUT2D eigenvalue weighted by Crippen LogP contribution is -2.37. The van der Waals surface area contributed by atoms with E-state index in [9.17, 15) is 19.2 Å². The third kappa shape index (κ3) is 35.3. The van der Waals surface area contributed by atoms with Gasteiger partial charge in [0, 0.05) is 44.9 Å². The van der Waals surface area contributed by atoms with Gasteiger partial charge in [-0.3, -0.25) is 14.4 Å². The molecule has 1 saturated heterocycles. The third-order valence-electron chi connectivity index (χ3n) is 10.6. The molecular formula is C50H87NO11. The summed E-state index contributed by atoms with van der Waals surface area (Å²) < 4.78 is 39.5. The minimum atomic E-state index is -0.792. The predicted octanol–water partition coefficient (Wildman–Crippen LogP) is 11.4. The molecule has 1 aliphatic heterocycles. The Kier molecular flexibility index (Phi) is 38.3. The van der Waals surface area contributed by atoms with E-state index in [0.29, 0.717) is 45.5 Å². The summed E-state index contributed by atoms with van der Waals surface area (Å²) in [5.41, 5.74) is 0. The van der Waals surface area contributed by atoms with Crippen LogP contribution in [0.2, 0.25) is 0 Å². The number of ether oxygens (including phenoxy) is 7. The summed E-state index contributed by atoms with van der Waals surface area (Å²) in [6.45, 7) is 12.9. The molecule has 2 unspecified atom stereocenters. The Bertz CT molecular complexity index is 1180. The van der Waals surface area contributed by atoms with Gasteiger partial charge in [0.05, 0.1) is 25.6 Å². The summed E-state index contributed by atoms with van der Waals surface area (Å²) in [6.07, 6.45) is 31.0. The van der Waals surface area contributed by atoms with Crippen molar-refractivity contribution in [1.29, 1.82) is 0 Å². The van der Waals surface area contributed by atoms with Crippen LogP contribution in [0.25, 0.3) is 0 Å². The second-order valence-corrected chi connectivity index (χ2v) is 16.4. The molecule has 2 atom stereocenters. The fourth-order valence-corrected chi connectivity index (χ4v) is 6.83. The maximum absolute atomic E-state index is 13.0. The zero-order valence-corrected chi connectivity index (χ0v) is 39.5. The van der Waals surface area contributed by atoms with Crippen molar-refractivity contribution in [3.63, 3.8) is 0 Å². The average Bonchev–Trinajstić information content (AvgIpc) is 3.28. The third-order valence-corrected chi connectivity index (χ3v) is 10.6. The molecule has 0 aromatic heterocycles. The second-order valence-electron chi connectivity index (χ2n) is 16.4. The lowest BCUT2D eigenvalue weighted by atomic mass is 9.99. The van der Waals surface area contributed by atoms with E-state index in [0.717, 1.165) is 110 Å². The number of carbonyl (C=O) groups is 4. The van der Waals surface area contributed by atoms with Gasteiger partial charge in [-0.25, -0.2) is 4.79 Å². The number of rotatable bonds is 40. The van der Waals surface area contributed by atoms with E-state index in [1.807, 2.05) is 0 Å². The molecule has 62 heavy (non-hydrogen) atoms. The Balaban J connectivity index is 2.57. The molecule has 1 rings (SSSR count). The molecule has 358 valence electrons. The zero-order valence-electron chi connectivity index (χ0n) is 39.5. The van der Waals surface area contributed by atoms with Crippen LogP contribution >= 0.6 is 0 Å². The molecule has 0 spiro atoms. The van der Waals surface area contributed by atoms with Crippen LogP contribution in [-0.2, 0) is 47.5 Å². The normalized spacial score (nSPS) is 15.1. The lowest BCUT2D eigenvalue weighted by molar-refractivity contribution is -0.161. The molecule has 1 fully saturated rings. The van der Waals surface area contributed by atoms with Gasteiger partial charge in [0.2, 0.25) is 0 Å². The van der Waals surface area contributed by atoms with Gasteiger partial charge < -0.3 is 38.1 Å². The number of hydrogen-bond donors (Lipinski definition) is 0. The van der Waals surface area contributed by atoms with Crippen LogP contribution in [0.5, 0.6) is 0 Å². The molecule has 0 bridgehead atoms. The van der Waals surface area contributed by atoms with Crippen LogP contribution in [0.15, 0.2) is 36.5 Å². The highest BCUT2D eigenvalue weighted by atomic mass is 16.7. The van der Waals surface area contributed by atoms with Crippen molar-refractivity contribution in [2.45, 2.75) is 182 Å². The molecule has 12 heteroatoms. The average molecular weight is 878 g/mol. The summed E-state index contributed by atoms with van der Waals surface area (Å²) in [5, 5.41) is 0. The summed E-state index contributed by atoms with van der Waals surface area (Å²) in [7, 11) is 0. The molecule has 0 saturated carbocycles. The Labute approximate surface area is 376 Å². The number of piperidine rings is 1. The first kappa shape index (κ1) is 56.8. The van der Waals surface area contributed by atoms with Gasteiger partial charge in [0.25, 0.3) is 0 Å². The summed E-state index contributed by atoms with van der Waals surface area (Å²) in [5.74, 6) is -1.34. The van der Waals surface area contributed by atoms with E-state index in [4.69, 9.17) is 33.2 Å². The number of allylic oxidation sites excluding steroid dienone is 5. The molecule has 0 aromatic carbocycles. The van der Waals surface area contributed by atoms with Crippen molar-refractivity contribution in [3.05, 3.63) is 36.5 Å². The molecule has 0 radical (unpaired) electrons. The van der Waals surface area contributed by atoms with E-state index >= 15 is 0 Å². The molecule has 0 aliphatic carbocycles. The maximum Gasteiger partial charge on any atom is 0.508 e. The van der Waals surface area contributed by atoms with Crippen molar-refractivity contribution in [2.24, 2.45) is 11.8 Å². The largest absolute Gasteiger partial charge is 0.508 e. The molecule has 1 heterocycles. The first-order valence-electron chi connectivity index (χ1n) is 24.5. The highest BCUT2D eigenvalue weighted by Gasteiger charge is 2.23. The molecule has 1 aliphatic rings. The minimum Gasteiger partial charge on any atom is -0.465 e. The highest BCUT2D eigenvalue weighted by Crippen LogP contribution is 2.17. The first-order chi connectivity index (χ1) is 30.3. The molecule has 0 aromatic rings. The van der Waals surface area contributed by atoms with Crippen LogP contribution in [0.1, 0.15) is 175 Å². The van der Waals surface area contributed by atoms with E-state index in [2.05, 4.69) is 69.1 Å². The van der Waals surface area contributed by atoms with Crippen LogP contribution in [0.3, 0.4) is 0 Å². The van der Waals surface area contributed by atoms with Crippen molar-refractivity contribution < 1.29 is 52.3 Å². The Morgan fingerprint density at radius 1 is 0.565 bits per heavy atom. The summed E-state index contributed by atoms with van der Waals surface area (Å²) >= 11 is 0. The van der Waals surface area contributed by atoms with E-state index in [1.54, 1.807) is 0 Å². The van der Waals surface area contributed by atoms with Gasteiger partial charge in [-0.2, -0.15) is 0 Å². The summed E-state index contributed by atoms with van der Waals surface area (Å²) in [4.78, 5) is 52.6. The Morgan fingerprint density at radius 3 is 1.71 bits per heavy atom. The van der Waals surface area contributed by atoms with Crippen LogP contribution in [-0.4, -0.2) is 101 Å². The van der Waals surface area contributed by atoms with Crippen LogP contribution < -0.4 is 0 Å². The molecule has 12 nitrogen and oxygen atoms in total. The number of carbonyl (C=O) groups excluding carboxylic acids is 4. The number of unbranched alkanes of at least 4 members (excludes halogenated alkanes) is 10. The van der Waals surface area contributed by atoms with Crippen molar-refractivity contribution in [1.82, 2.24) is 4.90 Å². The first-order valence-corrected chi connectivity index (χ1v) is 24.5. The van der Waals surface area contributed by atoms with E-state index in [-0.39, 0.29) is 57.1 Å². The SMILES string of the molecule is CC/C=C\CCCCOC(CCC(=O)OCC(COC(=O)CCCCCCC(=O)OCC/C=C\CCCCC)COC(=O)OCC1CCCN(CC)C1)OCCCC/C=C\CC. The van der Waals surface area contributed by atoms with Crippen LogP contribution in [0.4, 0.5) is 4.79 Å². The van der Waals surface area contributed by atoms with Gasteiger partial charge in [-0.15, -0.1) is 0 Å². The minimum absolute atomic E-state index is 0.0804. The van der Waals surface area contributed by atoms with E-state index in [1.165, 1.54) is 19.3 Å². The van der Waals surface area contributed by atoms with Gasteiger partial charge in [-0.05, 0) is 109 Å². The van der Waals surface area contributed by atoms with Gasteiger partial charge in [0.1, 0.15) is 19.8 Å². The second kappa shape index (κ2) is 41.8. The summed E-state index contributed by atoms with van der Waals surface area (Å²) in [6, 6.07) is 0. The fourth-order valence-electron chi connectivity index (χ4n) is 6.83. The number of esters is 3. The monoisotopic (exact) mass is 878 g/mol. The van der Waals surface area contributed by atoms with Gasteiger partial charge >= 0.3 is 24.1 Å². The van der Waals surface area contributed by atoms with Gasteiger partial charge in [0.15, 0.2) is 6.29 Å². The molecule has 0 amide bonds. The van der Waals surface area contributed by atoms with E-state index < -0.39 is 24.3 Å². The Hall–Kier alpha value is -3.22. The molecule has 0 N–H and O–H groups in total. The maximum atomic E-state index is 13.0. The zero-order chi connectivity index (χ0) is 45.1. The number of hydrogen-bond acceptors (Lipinski definition) is 12. The van der Waals surface area contributed by atoms with Crippen LogP contribution in [0, 0.1) is 11.8 Å². The molecular weight excluding hydrogens is 791 g/mol. The fraction of sp³-hybridized carbons (Fsp3) is 0.800. The topological polar surface area (TPSA) is 136 Å². The number of likely N-dealkylation sites (tertiary alicyclic amines) is 1. The number of nitrogens with zero attached hydrogens (tertiary/aromatic N) is 1. The van der Waals surface area contributed by atoms with Gasteiger partial charge in [-0.1, -0.05) is 89.8 Å². The predicted molar refractivity (Wildman–Crippen MR) is 246 cm³/mol. The Morgan fingerprint density at radius 2 is 1.11 bits per heavy atom. The standard InChI is InChI=1S/C50H87NO11/c1-5-9-12-15-18-23-26-36-56-46(52)31-24-19-20-25-32-47(53)59-41-45(43-62-50(55)61-40-44-30-29-35-51(8-4)39-44)42-60-48(54)33-34-49(57-37-27-21-16-13-10-6-2)58-38-28-22-17-14-11-7-3/h10-11,13-14,18,23,44-45,49H,5-9,12,15-17,19-22,24-43H2,1-4H3/b13-10-,14-11-,23-18-. The smallest absolute Gasteiger partial charge is 0.465 e. The van der Waals surface area contributed by atoms with Crippen molar-refractivity contribution in [2.75, 3.05) is 65.9 Å². The van der Waals surface area contributed by atoms with Crippen molar-refractivity contribution >= 4 is 24.1 Å².